The molecule has 5 rings (SSSR count). The zero-order valence-electron chi connectivity index (χ0n) is 16.6. The van der Waals surface area contributed by atoms with Crippen molar-refractivity contribution >= 4 is 22.8 Å². The SMILES string of the molecule is O=C(Nc1cc(C2CCCCCC2)[nH]n1)c1cnc2c(c1)c(=O)[nH]c(=O)n2C1CC1. The van der Waals surface area contributed by atoms with Crippen LogP contribution in [0.25, 0.3) is 11.0 Å². The van der Waals surface area contributed by atoms with E-state index in [0.717, 1.165) is 31.4 Å². The number of pyridine rings is 1. The second-order valence-electron chi connectivity index (χ2n) is 8.31. The van der Waals surface area contributed by atoms with Gasteiger partial charge in [0.25, 0.3) is 11.5 Å². The van der Waals surface area contributed by atoms with E-state index in [1.54, 1.807) is 0 Å². The number of hydrogen-bond donors (Lipinski definition) is 3. The Labute approximate surface area is 171 Å². The van der Waals surface area contributed by atoms with Crippen LogP contribution in [0.4, 0.5) is 5.82 Å². The standard InChI is InChI=1S/C21H24N6O3/c28-19(23-17-10-16(25-26-17)12-5-3-1-2-4-6-12)13-9-15-18(22-11-13)27(14-7-8-14)21(30)24-20(15)29/h9-12,14H,1-8H2,(H,24,29,30)(H2,23,25,26,28). The van der Waals surface area contributed by atoms with Gasteiger partial charge in [0.1, 0.15) is 5.65 Å². The van der Waals surface area contributed by atoms with Gasteiger partial charge in [-0.2, -0.15) is 5.10 Å². The molecular formula is C21H24N6O3. The van der Waals surface area contributed by atoms with E-state index >= 15 is 0 Å². The molecule has 1 amide bonds. The Morgan fingerprint density at radius 1 is 1.07 bits per heavy atom. The first-order chi connectivity index (χ1) is 14.6. The van der Waals surface area contributed by atoms with Crippen molar-refractivity contribution in [2.75, 3.05) is 5.32 Å². The molecule has 9 nitrogen and oxygen atoms in total. The summed E-state index contributed by atoms with van der Waals surface area (Å²) in [6, 6.07) is 3.43. The monoisotopic (exact) mass is 408 g/mol. The van der Waals surface area contributed by atoms with Crippen molar-refractivity contribution in [3.8, 4) is 0 Å². The molecule has 156 valence electrons. The number of carbonyl (C=O) groups is 1. The van der Waals surface area contributed by atoms with Gasteiger partial charge in [0.2, 0.25) is 0 Å². The van der Waals surface area contributed by atoms with Crippen molar-refractivity contribution in [2.45, 2.75) is 63.3 Å². The average Bonchev–Trinajstić information content (AvgIpc) is 3.52. The Bertz CT molecular complexity index is 1210. The normalized spacial score (nSPS) is 17.7. The van der Waals surface area contributed by atoms with Gasteiger partial charge in [-0.3, -0.25) is 24.2 Å². The molecule has 0 bridgehead atoms. The molecule has 3 aromatic heterocycles. The van der Waals surface area contributed by atoms with Crippen molar-refractivity contribution in [1.82, 2.24) is 24.7 Å². The first-order valence-electron chi connectivity index (χ1n) is 10.6. The second kappa shape index (κ2) is 7.55. The lowest BCUT2D eigenvalue weighted by Gasteiger charge is -2.10. The van der Waals surface area contributed by atoms with Crippen molar-refractivity contribution in [3.05, 3.63) is 50.4 Å². The first-order valence-corrected chi connectivity index (χ1v) is 10.6. The largest absolute Gasteiger partial charge is 0.330 e. The summed E-state index contributed by atoms with van der Waals surface area (Å²) in [7, 11) is 0. The molecule has 3 heterocycles. The molecule has 0 unspecified atom stereocenters. The summed E-state index contributed by atoms with van der Waals surface area (Å²) in [6.45, 7) is 0. The number of nitrogens with zero attached hydrogens (tertiary/aromatic N) is 3. The lowest BCUT2D eigenvalue weighted by molar-refractivity contribution is 0.102. The van der Waals surface area contributed by atoms with Crippen LogP contribution >= 0.6 is 0 Å². The molecule has 30 heavy (non-hydrogen) atoms. The molecule has 0 spiro atoms. The summed E-state index contributed by atoms with van der Waals surface area (Å²) in [5.74, 6) is 0.508. The number of anilines is 1. The quantitative estimate of drug-likeness (QED) is 0.572. The molecule has 2 aliphatic rings. The number of carbonyl (C=O) groups excluding carboxylic acids is 1. The van der Waals surface area contributed by atoms with Gasteiger partial charge in [-0.1, -0.05) is 25.7 Å². The first kappa shape index (κ1) is 18.8. The molecule has 3 aromatic rings. The Morgan fingerprint density at radius 3 is 2.57 bits per heavy atom. The lowest BCUT2D eigenvalue weighted by atomic mass is 9.97. The van der Waals surface area contributed by atoms with E-state index in [2.05, 4.69) is 25.5 Å². The fraction of sp³-hybridized carbons (Fsp3) is 0.476. The molecule has 0 radical (unpaired) electrons. The predicted octanol–water partition coefficient (Wildman–Crippen LogP) is 2.83. The molecule has 0 aromatic carbocycles. The minimum absolute atomic E-state index is 0.0653. The number of nitrogens with one attached hydrogen (secondary N) is 3. The third-order valence-corrected chi connectivity index (χ3v) is 6.09. The summed E-state index contributed by atoms with van der Waals surface area (Å²) in [5, 5.41) is 10.3. The van der Waals surface area contributed by atoms with Crippen LogP contribution in [0.5, 0.6) is 0 Å². The van der Waals surface area contributed by atoms with Gasteiger partial charge in [0.05, 0.1) is 10.9 Å². The third-order valence-electron chi connectivity index (χ3n) is 6.09. The van der Waals surface area contributed by atoms with Crippen molar-refractivity contribution in [2.24, 2.45) is 0 Å². The van der Waals surface area contributed by atoms with Gasteiger partial charge in [-0.15, -0.1) is 0 Å². The fourth-order valence-electron chi connectivity index (χ4n) is 4.32. The minimum Gasteiger partial charge on any atom is -0.305 e. The maximum atomic E-state index is 12.7. The smallest absolute Gasteiger partial charge is 0.305 e. The van der Waals surface area contributed by atoms with Gasteiger partial charge >= 0.3 is 5.69 Å². The van der Waals surface area contributed by atoms with Crippen LogP contribution in [0.2, 0.25) is 0 Å². The van der Waals surface area contributed by atoms with E-state index in [1.165, 1.54) is 42.5 Å². The number of aromatic nitrogens is 5. The Kier molecular flexibility index (Phi) is 4.72. The zero-order valence-corrected chi connectivity index (χ0v) is 16.6. The highest BCUT2D eigenvalue weighted by molar-refractivity contribution is 6.05. The molecule has 2 saturated carbocycles. The Balaban J connectivity index is 1.39. The van der Waals surface area contributed by atoms with Gasteiger partial charge in [-0.05, 0) is 31.7 Å². The highest BCUT2D eigenvalue weighted by atomic mass is 16.2. The van der Waals surface area contributed by atoms with Gasteiger partial charge in [0, 0.05) is 29.9 Å². The maximum absolute atomic E-state index is 12.7. The summed E-state index contributed by atoms with van der Waals surface area (Å²) < 4.78 is 1.51. The van der Waals surface area contributed by atoms with E-state index in [4.69, 9.17) is 0 Å². The molecular weight excluding hydrogens is 384 g/mol. The van der Waals surface area contributed by atoms with Gasteiger partial charge < -0.3 is 5.32 Å². The number of aromatic amines is 2. The molecule has 9 heteroatoms. The Hall–Kier alpha value is -3.23. The number of hydrogen-bond acceptors (Lipinski definition) is 5. The minimum atomic E-state index is -0.538. The van der Waals surface area contributed by atoms with Crippen LogP contribution in [0, 0.1) is 0 Å². The van der Waals surface area contributed by atoms with E-state index in [0.29, 0.717) is 17.4 Å². The molecule has 2 aliphatic carbocycles. The molecule has 0 atom stereocenters. The van der Waals surface area contributed by atoms with E-state index < -0.39 is 17.2 Å². The summed E-state index contributed by atoms with van der Waals surface area (Å²) in [4.78, 5) is 43.7. The second-order valence-corrected chi connectivity index (χ2v) is 8.31. The Morgan fingerprint density at radius 2 is 1.83 bits per heavy atom. The summed E-state index contributed by atoms with van der Waals surface area (Å²) >= 11 is 0. The van der Waals surface area contributed by atoms with Gasteiger partial charge in [0.15, 0.2) is 5.82 Å². The number of amides is 1. The molecule has 0 saturated heterocycles. The van der Waals surface area contributed by atoms with Crippen LogP contribution in [-0.4, -0.2) is 30.6 Å². The highest BCUT2D eigenvalue weighted by Gasteiger charge is 2.28. The molecule has 2 fully saturated rings. The van der Waals surface area contributed by atoms with E-state index in [-0.39, 0.29) is 17.0 Å². The number of fused-ring (bicyclic) bond motifs is 1. The van der Waals surface area contributed by atoms with Crippen molar-refractivity contribution in [1.29, 1.82) is 0 Å². The zero-order chi connectivity index (χ0) is 20.7. The van der Waals surface area contributed by atoms with Crippen molar-refractivity contribution in [3.63, 3.8) is 0 Å². The fourth-order valence-corrected chi connectivity index (χ4v) is 4.32. The van der Waals surface area contributed by atoms with Crippen LogP contribution in [-0.2, 0) is 0 Å². The predicted molar refractivity (Wildman–Crippen MR) is 112 cm³/mol. The van der Waals surface area contributed by atoms with Crippen LogP contribution in [0.1, 0.15) is 79.4 Å². The average molecular weight is 408 g/mol. The lowest BCUT2D eigenvalue weighted by Crippen LogP contribution is -2.30. The molecule has 3 N–H and O–H groups in total. The topological polar surface area (TPSA) is 126 Å². The third kappa shape index (κ3) is 3.55. The van der Waals surface area contributed by atoms with E-state index in [1.807, 2.05) is 6.07 Å². The van der Waals surface area contributed by atoms with Crippen LogP contribution in [0.15, 0.2) is 27.9 Å². The highest BCUT2D eigenvalue weighted by Crippen LogP contribution is 2.35. The van der Waals surface area contributed by atoms with Crippen molar-refractivity contribution < 1.29 is 4.79 Å². The van der Waals surface area contributed by atoms with E-state index in [9.17, 15) is 14.4 Å². The number of H-pyrrole nitrogens is 2. The molecule has 0 aliphatic heterocycles. The van der Waals surface area contributed by atoms with Gasteiger partial charge in [-0.25, -0.2) is 9.78 Å². The maximum Gasteiger partial charge on any atom is 0.330 e. The number of rotatable bonds is 4. The van der Waals surface area contributed by atoms with Crippen LogP contribution < -0.4 is 16.6 Å². The summed E-state index contributed by atoms with van der Waals surface area (Å²) in [6.07, 6.45) is 10.4. The van der Waals surface area contributed by atoms with Crippen LogP contribution in [0.3, 0.4) is 0 Å². The summed E-state index contributed by atoms with van der Waals surface area (Å²) in [5.41, 5.74) is 0.617.